The third kappa shape index (κ3) is 2.05. The number of fused-ring (bicyclic) bond motifs is 3. The summed E-state index contributed by atoms with van der Waals surface area (Å²) in [5, 5.41) is 1.44. The van der Waals surface area contributed by atoms with E-state index < -0.39 is 0 Å². The van der Waals surface area contributed by atoms with Crippen molar-refractivity contribution < 1.29 is 4.79 Å². The molecule has 4 rings (SSSR count). The first-order valence-corrected chi connectivity index (χ1v) is 7.14. The minimum Gasteiger partial charge on any atom is -0.334 e. The quantitative estimate of drug-likeness (QED) is 0.569. The van der Waals surface area contributed by atoms with Gasteiger partial charge in [-0.05, 0) is 18.2 Å². The molecule has 0 spiro atoms. The molecule has 1 N–H and O–H groups in total. The molecule has 0 saturated carbocycles. The summed E-state index contributed by atoms with van der Waals surface area (Å²) >= 11 is 5.94. The summed E-state index contributed by atoms with van der Waals surface area (Å²) in [6, 6.07) is 14.5. The third-order valence-corrected chi connectivity index (χ3v) is 3.76. The monoisotopic (exact) mass is 307 g/mol. The number of ketones is 1. The van der Waals surface area contributed by atoms with Gasteiger partial charge in [-0.3, -0.25) is 9.78 Å². The molecule has 0 unspecified atom stereocenters. The van der Waals surface area contributed by atoms with E-state index in [1.54, 1.807) is 30.5 Å². The van der Waals surface area contributed by atoms with Crippen molar-refractivity contribution in [2.75, 3.05) is 0 Å². The van der Waals surface area contributed by atoms with E-state index in [0.717, 1.165) is 21.9 Å². The lowest BCUT2D eigenvalue weighted by atomic mass is 10.1. The molecule has 0 aliphatic rings. The maximum absolute atomic E-state index is 12.5. The minimum absolute atomic E-state index is 0.192. The zero-order valence-electron chi connectivity index (χ0n) is 11.4. The van der Waals surface area contributed by atoms with Crippen LogP contribution in [0.15, 0.2) is 54.7 Å². The molecule has 22 heavy (non-hydrogen) atoms. The van der Waals surface area contributed by atoms with Crippen LogP contribution in [0.4, 0.5) is 0 Å². The smallest absolute Gasteiger partial charge is 0.228 e. The van der Waals surface area contributed by atoms with Crippen LogP contribution >= 0.6 is 11.6 Å². The van der Waals surface area contributed by atoms with Crippen molar-refractivity contribution in [2.45, 2.75) is 0 Å². The Morgan fingerprint density at radius 1 is 1.09 bits per heavy atom. The number of nitrogens with one attached hydrogen (secondary N) is 1. The Morgan fingerprint density at radius 2 is 1.95 bits per heavy atom. The van der Waals surface area contributed by atoms with Crippen molar-refractivity contribution in [3.05, 3.63) is 71.1 Å². The molecule has 0 radical (unpaired) electrons. The number of carbonyl (C=O) groups is 1. The topological polar surface area (TPSA) is 58.6 Å². The second kappa shape index (κ2) is 4.93. The number of aromatic nitrogens is 3. The summed E-state index contributed by atoms with van der Waals surface area (Å²) in [5.74, 6) is 0.0956. The number of imidazole rings is 1. The first-order chi connectivity index (χ1) is 10.7. The van der Waals surface area contributed by atoms with Gasteiger partial charge in [-0.25, -0.2) is 4.98 Å². The summed E-state index contributed by atoms with van der Waals surface area (Å²) in [6.45, 7) is 0. The molecule has 2 heterocycles. The van der Waals surface area contributed by atoms with E-state index in [2.05, 4.69) is 15.0 Å². The van der Waals surface area contributed by atoms with Gasteiger partial charge in [0.15, 0.2) is 5.82 Å². The van der Waals surface area contributed by atoms with Gasteiger partial charge in [0.05, 0.1) is 17.2 Å². The van der Waals surface area contributed by atoms with Crippen LogP contribution in [0.5, 0.6) is 0 Å². The Balaban J connectivity index is 1.89. The number of halogens is 1. The van der Waals surface area contributed by atoms with Gasteiger partial charge in [-0.1, -0.05) is 41.9 Å². The van der Waals surface area contributed by atoms with E-state index in [1.165, 1.54) is 0 Å². The van der Waals surface area contributed by atoms with E-state index in [-0.39, 0.29) is 11.6 Å². The summed E-state index contributed by atoms with van der Waals surface area (Å²) < 4.78 is 0. The number of hydrogen-bond acceptors (Lipinski definition) is 3. The highest BCUT2D eigenvalue weighted by Crippen LogP contribution is 2.22. The van der Waals surface area contributed by atoms with Crippen LogP contribution in [0.1, 0.15) is 16.2 Å². The van der Waals surface area contributed by atoms with Gasteiger partial charge in [-0.2, -0.15) is 0 Å². The number of rotatable bonds is 2. The molecule has 2 aromatic carbocycles. The number of benzene rings is 2. The zero-order valence-corrected chi connectivity index (χ0v) is 12.1. The molecule has 5 heteroatoms. The molecule has 106 valence electrons. The average molecular weight is 308 g/mol. The third-order valence-electron chi connectivity index (χ3n) is 3.53. The maximum Gasteiger partial charge on any atom is 0.228 e. The van der Waals surface area contributed by atoms with Crippen molar-refractivity contribution in [1.29, 1.82) is 0 Å². The van der Waals surface area contributed by atoms with Crippen molar-refractivity contribution in [2.24, 2.45) is 0 Å². The number of hydrogen-bond donors (Lipinski definition) is 1. The Labute approximate surface area is 130 Å². The minimum atomic E-state index is -0.192. The van der Waals surface area contributed by atoms with E-state index >= 15 is 0 Å². The molecule has 4 nitrogen and oxygen atoms in total. The van der Waals surface area contributed by atoms with Crippen LogP contribution in [0.2, 0.25) is 5.02 Å². The van der Waals surface area contributed by atoms with Gasteiger partial charge in [0.2, 0.25) is 5.78 Å². The van der Waals surface area contributed by atoms with Crippen molar-refractivity contribution >= 4 is 39.3 Å². The number of nitrogens with zero attached hydrogens (tertiary/aromatic N) is 2. The predicted molar refractivity (Wildman–Crippen MR) is 86.3 cm³/mol. The fourth-order valence-electron chi connectivity index (χ4n) is 2.48. The molecule has 0 fully saturated rings. The molecular formula is C17H10ClN3O. The first-order valence-electron chi connectivity index (χ1n) is 6.76. The molecule has 0 amide bonds. The lowest BCUT2D eigenvalue weighted by molar-refractivity contribution is 0.103. The summed E-state index contributed by atoms with van der Waals surface area (Å²) in [6.07, 6.45) is 1.69. The fourth-order valence-corrected chi connectivity index (χ4v) is 2.67. The number of aromatic amines is 1. The van der Waals surface area contributed by atoms with Gasteiger partial charge in [0.1, 0.15) is 5.52 Å². The predicted octanol–water partition coefficient (Wildman–Crippen LogP) is 4.00. The van der Waals surface area contributed by atoms with E-state index in [1.807, 2.05) is 24.3 Å². The van der Waals surface area contributed by atoms with Crippen LogP contribution in [0, 0.1) is 0 Å². The van der Waals surface area contributed by atoms with E-state index in [9.17, 15) is 4.79 Å². The normalized spacial score (nSPS) is 11.1. The Morgan fingerprint density at radius 3 is 2.82 bits per heavy atom. The summed E-state index contributed by atoms with van der Waals surface area (Å²) in [7, 11) is 0. The molecule has 4 aromatic rings. The second-order valence-electron chi connectivity index (χ2n) is 4.96. The molecule has 2 aromatic heterocycles. The highest BCUT2D eigenvalue weighted by atomic mass is 35.5. The number of pyridine rings is 1. The lowest BCUT2D eigenvalue weighted by Gasteiger charge is -1.97. The average Bonchev–Trinajstić information content (AvgIpc) is 2.99. The van der Waals surface area contributed by atoms with Crippen molar-refractivity contribution in [1.82, 2.24) is 15.0 Å². The van der Waals surface area contributed by atoms with Crippen LogP contribution in [-0.4, -0.2) is 20.7 Å². The molecule has 0 saturated heterocycles. The highest BCUT2D eigenvalue weighted by molar-refractivity contribution is 6.31. The highest BCUT2D eigenvalue weighted by Gasteiger charge is 2.15. The summed E-state index contributed by atoms with van der Waals surface area (Å²) in [5.41, 5.74) is 2.84. The van der Waals surface area contributed by atoms with Crippen molar-refractivity contribution in [3.63, 3.8) is 0 Å². The summed E-state index contributed by atoms with van der Waals surface area (Å²) in [4.78, 5) is 24.4. The second-order valence-corrected chi connectivity index (χ2v) is 5.40. The largest absolute Gasteiger partial charge is 0.334 e. The Bertz CT molecular complexity index is 1020. The number of carbonyl (C=O) groups excluding carboxylic acids is 1. The lowest BCUT2D eigenvalue weighted by Crippen LogP contribution is -2.03. The molecule has 0 aliphatic heterocycles. The molecule has 0 aliphatic carbocycles. The first kappa shape index (κ1) is 13.0. The molecule has 0 atom stereocenters. The van der Waals surface area contributed by atoms with Gasteiger partial charge < -0.3 is 4.98 Å². The fraction of sp³-hybridized carbons (Fsp3) is 0. The Hall–Kier alpha value is -2.72. The van der Waals surface area contributed by atoms with Gasteiger partial charge in [0.25, 0.3) is 0 Å². The maximum atomic E-state index is 12.5. The van der Waals surface area contributed by atoms with Gasteiger partial charge in [-0.15, -0.1) is 0 Å². The number of H-pyrrole nitrogens is 1. The Kier molecular flexibility index (Phi) is 2.91. The molecular weight excluding hydrogens is 298 g/mol. The van der Waals surface area contributed by atoms with Crippen LogP contribution in [-0.2, 0) is 0 Å². The van der Waals surface area contributed by atoms with Crippen LogP contribution < -0.4 is 0 Å². The standard InChI is InChI=1S/C17H10ClN3O/c18-11-5-3-4-10(8-11)16(22)17-20-14-9-19-13-7-2-1-6-12(13)15(14)21-17/h1-9H,(H,20,21). The number of para-hydroxylation sites is 1. The van der Waals surface area contributed by atoms with E-state index in [0.29, 0.717) is 10.6 Å². The van der Waals surface area contributed by atoms with Gasteiger partial charge in [0, 0.05) is 16.0 Å². The van der Waals surface area contributed by atoms with Crippen LogP contribution in [0.3, 0.4) is 0 Å². The van der Waals surface area contributed by atoms with Gasteiger partial charge >= 0.3 is 0 Å². The van der Waals surface area contributed by atoms with Crippen molar-refractivity contribution in [3.8, 4) is 0 Å². The zero-order chi connectivity index (χ0) is 15.1. The SMILES string of the molecule is O=C(c1cccc(Cl)c1)c1nc2c(cnc3ccccc32)[nH]1. The molecule has 0 bridgehead atoms. The van der Waals surface area contributed by atoms with E-state index in [4.69, 9.17) is 11.6 Å². The van der Waals surface area contributed by atoms with Crippen LogP contribution in [0.25, 0.3) is 21.9 Å².